The first-order chi connectivity index (χ1) is 9.08. The van der Waals surface area contributed by atoms with Gasteiger partial charge < -0.3 is 10.9 Å². The summed E-state index contributed by atoms with van der Waals surface area (Å²) >= 11 is 0. The maximum absolute atomic E-state index is 8.68. The van der Waals surface area contributed by atoms with Crippen LogP contribution < -0.4 is 5.73 Å². The number of oxime groups is 1. The summed E-state index contributed by atoms with van der Waals surface area (Å²) < 4.78 is 0. The maximum Gasteiger partial charge on any atom is 0.188 e. The number of nitrogens with two attached hydrogens (primary N) is 1. The molecule has 19 heavy (non-hydrogen) atoms. The average Bonchev–Trinajstić information content (AvgIpc) is 2.37. The van der Waals surface area contributed by atoms with Gasteiger partial charge in [-0.1, -0.05) is 19.0 Å². The van der Waals surface area contributed by atoms with Crippen LogP contribution in [0.5, 0.6) is 0 Å². The zero-order chi connectivity index (χ0) is 13.8. The molecule has 2 rings (SSSR count). The highest BCUT2D eigenvalue weighted by Gasteiger charge is 2.21. The topological polar surface area (TPSA) is 74.7 Å². The minimum absolute atomic E-state index is 0.0576. The van der Waals surface area contributed by atoms with Crippen molar-refractivity contribution >= 4 is 5.84 Å². The maximum atomic E-state index is 8.68. The van der Waals surface area contributed by atoms with Gasteiger partial charge in [-0.15, -0.1) is 0 Å². The van der Waals surface area contributed by atoms with Crippen LogP contribution in [0.2, 0.25) is 0 Å². The molecule has 5 heteroatoms. The van der Waals surface area contributed by atoms with Gasteiger partial charge in [0.25, 0.3) is 0 Å². The van der Waals surface area contributed by atoms with Crippen LogP contribution in [0.25, 0.3) is 0 Å². The fourth-order valence-electron chi connectivity index (χ4n) is 2.94. The van der Waals surface area contributed by atoms with E-state index in [1.807, 2.05) is 12.1 Å². The average molecular weight is 262 g/mol. The monoisotopic (exact) mass is 262 g/mol. The summed E-state index contributed by atoms with van der Waals surface area (Å²) in [5, 5.41) is 11.7. The highest BCUT2D eigenvalue weighted by Crippen LogP contribution is 2.22. The van der Waals surface area contributed by atoms with Crippen LogP contribution in [-0.2, 0) is 6.54 Å². The van der Waals surface area contributed by atoms with Crippen LogP contribution in [0, 0.1) is 11.8 Å². The first-order valence-corrected chi connectivity index (χ1v) is 6.73. The summed E-state index contributed by atoms with van der Waals surface area (Å²) in [5.74, 6) is 1.55. The molecule has 2 atom stereocenters. The van der Waals surface area contributed by atoms with Gasteiger partial charge in [-0.2, -0.15) is 0 Å². The molecule has 1 aliphatic heterocycles. The highest BCUT2D eigenvalue weighted by atomic mass is 16.4. The van der Waals surface area contributed by atoms with E-state index >= 15 is 0 Å². The van der Waals surface area contributed by atoms with Crippen molar-refractivity contribution in [3.8, 4) is 0 Å². The summed E-state index contributed by atoms with van der Waals surface area (Å²) in [7, 11) is 0. The molecule has 5 nitrogen and oxygen atoms in total. The van der Waals surface area contributed by atoms with E-state index in [9.17, 15) is 0 Å². The number of aromatic nitrogens is 1. The predicted octanol–water partition coefficient (Wildman–Crippen LogP) is 1.65. The standard InChI is InChI=1S/C14H22N4O/c1-10-5-11(2)8-18(7-10)9-12-3-4-16-13(6-12)14(15)17-19/h3-4,6,10-11,19H,5,7-9H2,1-2H3,(H2,15,17). The highest BCUT2D eigenvalue weighted by molar-refractivity contribution is 5.95. The molecule has 0 saturated carbocycles. The lowest BCUT2D eigenvalue weighted by molar-refractivity contribution is 0.134. The number of rotatable bonds is 3. The molecule has 1 aromatic rings. The van der Waals surface area contributed by atoms with E-state index in [2.05, 4.69) is 28.9 Å². The Balaban J connectivity index is 2.06. The van der Waals surface area contributed by atoms with Gasteiger partial charge in [0.05, 0.1) is 0 Å². The first-order valence-electron chi connectivity index (χ1n) is 6.73. The molecule has 0 aromatic carbocycles. The molecular formula is C14H22N4O. The van der Waals surface area contributed by atoms with Crippen molar-refractivity contribution < 1.29 is 5.21 Å². The lowest BCUT2D eigenvalue weighted by atomic mass is 9.91. The van der Waals surface area contributed by atoms with Crippen LogP contribution in [0.3, 0.4) is 0 Å². The Hall–Kier alpha value is -1.62. The SMILES string of the molecule is CC1CC(C)CN(Cc2ccnc(C(N)=NO)c2)C1. The van der Waals surface area contributed by atoms with Gasteiger partial charge in [-0.25, -0.2) is 0 Å². The van der Waals surface area contributed by atoms with E-state index in [-0.39, 0.29) is 5.84 Å². The van der Waals surface area contributed by atoms with E-state index in [1.54, 1.807) is 6.20 Å². The Kier molecular flexibility index (Phi) is 4.37. The van der Waals surface area contributed by atoms with Gasteiger partial charge in [0.1, 0.15) is 5.69 Å². The Morgan fingerprint density at radius 2 is 2.16 bits per heavy atom. The predicted molar refractivity (Wildman–Crippen MR) is 75.0 cm³/mol. The third kappa shape index (κ3) is 3.67. The Bertz CT molecular complexity index is 451. The van der Waals surface area contributed by atoms with Crippen molar-refractivity contribution in [1.29, 1.82) is 0 Å². The van der Waals surface area contributed by atoms with Gasteiger partial charge >= 0.3 is 0 Å². The number of amidine groups is 1. The fraction of sp³-hybridized carbons (Fsp3) is 0.571. The van der Waals surface area contributed by atoms with E-state index in [0.29, 0.717) is 5.69 Å². The molecule has 0 radical (unpaired) electrons. The summed E-state index contributed by atoms with van der Waals surface area (Å²) in [4.78, 5) is 6.56. The number of piperidine rings is 1. The first kappa shape index (κ1) is 13.8. The molecule has 0 bridgehead atoms. The molecule has 2 heterocycles. The van der Waals surface area contributed by atoms with Crippen molar-refractivity contribution in [1.82, 2.24) is 9.88 Å². The second kappa shape index (κ2) is 6.02. The van der Waals surface area contributed by atoms with Crippen LogP contribution in [0.1, 0.15) is 31.5 Å². The minimum atomic E-state index is 0.0576. The molecule has 0 aliphatic carbocycles. The fourth-order valence-corrected chi connectivity index (χ4v) is 2.94. The number of nitrogens with zero attached hydrogens (tertiary/aromatic N) is 3. The van der Waals surface area contributed by atoms with Crippen LogP contribution >= 0.6 is 0 Å². The molecule has 3 N–H and O–H groups in total. The molecule has 1 aliphatic rings. The Labute approximate surface area is 114 Å². The van der Waals surface area contributed by atoms with Crippen LogP contribution in [0.15, 0.2) is 23.5 Å². The number of pyridine rings is 1. The van der Waals surface area contributed by atoms with Crippen LogP contribution in [0.4, 0.5) is 0 Å². The van der Waals surface area contributed by atoms with Crippen molar-refractivity contribution in [2.24, 2.45) is 22.7 Å². The Morgan fingerprint density at radius 1 is 1.47 bits per heavy atom. The normalized spacial score (nSPS) is 25.5. The molecule has 1 saturated heterocycles. The summed E-state index contributed by atoms with van der Waals surface area (Å²) in [6.07, 6.45) is 3.02. The second-order valence-electron chi connectivity index (χ2n) is 5.67. The van der Waals surface area contributed by atoms with Crippen molar-refractivity contribution in [2.75, 3.05) is 13.1 Å². The van der Waals surface area contributed by atoms with Gasteiger partial charge in [0.15, 0.2) is 5.84 Å². The zero-order valence-electron chi connectivity index (χ0n) is 11.6. The smallest absolute Gasteiger partial charge is 0.188 e. The largest absolute Gasteiger partial charge is 0.409 e. The molecule has 1 fully saturated rings. The molecule has 2 unspecified atom stereocenters. The lowest BCUT2D eigenvalue weighted by Gasteiger charge is -2.35. The van der Waals surface area contributed by atoms with Gasteiger partial charge in [0, 0.05) is 25.8 Å². The summed E-state index contributed by atoms with van der Waals surface area (Å²) in [6, 6.07) is 3.87. The summed E-state index contributed by atoms with van der Waals surface area (Å²) in [5.41, 5.74) is 7.24. The quantitative estimate of drug-likeness (QED) is 0.376. The Morgan fingerprint density at radius 3 is 2.79 bits per heavy atom. The van der Waals surface area contributed by atoms with E-state index < -0.39 is 0 Å². The van der Waals surface area contributed by atoms with Crippen molar-refractivity contribution in [3.05, 3.63) is 29.6 Å². The summed E-state index contributed by atoms with van der Waals surface area (Å²) in [6.45, 7) is 7.76. The molecule has 0 spiro atoms. The number of hydrogen-bond donors (Lipinski definition) is 2. The van der Waals surface area contributed by atoms with E-state index in [1.165, 1.54) is 6.42 Å². The third-order valence-electron chi connectivity index (χ3n) is 3.55. The van der Waals surface area contributed by atoms with Gasteiger partial charge in [0.2, 0.25) is 0 Å². The van der Waals surface area contributed by atoms with E-state index in [0.717, 1.165) is 37.0 Å². The molecule has 1 aromatic heterocycles. The molecular weight excluding hydrogens is 240 g/mol. The lowest BCUT2D eigenvalue weighted by Crippen LogP contribution is -2.38. The van der Waals surface area contributed by atoms with E-state index in [4.69, 9.17) is 10.9 Å². The van der Waals surface area contributed by atoms with Crippen molar-refractivity contribution in [3.63, 3.8) is 0 Å². The number of likely N-dealkylation sites (tertiary alicyclic amines) is 1. The third-order valence-corrected chi connectivity index (χ3v) is 3.55. The number of hydrogen-bond acceptors (Lipinski definition) is 4. The van der Waals surface area contributed by atoms with Crippen molar-refractivity contribution in [2.45, 2.75) is 26.8 Å². The minimum Gasteiger partial charge on any atom is -0.409 e. The second-order valence-corrected chi connectivity index (χ2v) is 5.67. The van der Waals surface area contributed by atoms with Gasteiger partial charge in [-0.05, 0) is 36.0 Å². The molecule has 104 valence electrons. The van der Waals surface area contributed by atoms with Crippen LogP contribution in [-0.4, -0.2) is 34.0 Å². The molecule has 0 amide bonds. The van der Waals surface area contributed by atoms with Gasteiger partial charge in [-0.3, -0.25) is 9.88 Å². The zero-order valence-corrected chi connectivity index (χ0v) is 11.6.